The van der Waals surface area contributed by atoms with Crippen LogP contribution >= 0.6 is 11.6 Å². The number of anilines is 1. The normalized spacial score (nSPS) is 18.9. The van der Waals surface area contributed by atoms with Crippen LogP contribution in [0, 0.1) is 11.3 Å². The van der Waals surface area contributed by atoms with Gasteiger partial charge in [-0.15, -0.1) is 5.10 Å². The number of hydrogen-bond acceptors (Lipinski definition) is 7. The molecule has 0 radical (unpaired) electrons. The lowest BCUT2D eigenvalue weighted by Gasteiger charge is -2.40. The van der Waals surface area contributed by atoms with E-state index in [1.807, 2.05) is 30.1 Å². The summed E-state index contributed by atoms with van der Waals surface area (Å²) in [7, 11) is 1.86. The van der Waals surface area contributed by atoms with Crippen molar-refractivity contribution >= 4 is 23.5 Å². The molecule has 168 valence electrons. The molecule has 32 heavy (non-hydrogen) atoms. The minimum Gasteiger partial charge on any atom is -0.442 e. The van der Waals surface area contributed by atoms with E-state index in [0.717, 1.165) is 16.9 Å². The number of morpholine rings is 1. The van der Waals surface area contributed by atoms with E-state index in [9.17, 15) is 10.1 Å². The van der Waals surface area contributed by atoms with E-state index in [1.165, 1.54) is 4.68 Å². The second-order valence-electron chi connectivity index (χ2n) is 8.80. The number of benzene rings is 1. The Balaban J connectivity index is 1.88. The number of nitriles is 1. The Morgan fingerprint density at radius 1 is 1.25 bits per heavy atom. The van der Waals surface area contributed by atoms with Crippen molar-refractivity contribution in [2.75, 3.05) is 38.3 Å². The fourth-order valence-electron chi connectivity index (χ4n) is 4.11. The molecule has 2 aliphatic heterocycles. The van der Waals surface area contributed by atoms with Crippen LogP contribution in [0.25, 0.3) is 0 Å². The molecule has 2 aromatic rings. The molecule has 1 unspecified atom stereocenters. The number of carbonyl (C=O) groups excluding carboxylic acids is 1. The maximum absolute atomic E-state index is 12.8. The van der Waals surface area contributed by atoms with Crippen molar-refractivity contribution in [1.82, 2.24) is 14.7 Å². The number of fused-ring (bicyclic) bond motifs is 1. The van der Waals surface area contributed by atoms with Crippen LogP contribution in [0.2, 0.25) is 5.02 Å². The molecule has 1 aromatic heterocycles. The third-order valence-corrected chi connectivity index (χ3v) is 5.77. The smallest absolute Gasteiger partial charge is 0.435 e. The predicted octanol–water partition coefficient (Wildman–Crippen LogP) is 3.97. The number of aromatic nitrogens is 2. The highest BCUT2D eigenvalue weighted by Gasteiger charge is 2.39. The van der Waals surface area contributed by atoms with Crippen molar-refractivity contribution in [3.05, 3.63) is 58.0 Å². The largest absolute Gasteiger partial charge is 0.442 e. The SMILES string of the molecule is CN1C(N2CCOCC2)=C(C#N)C(c2ccccc2Cl)c2cn(C(=O)OC(C)(C)C)nc21. The van der Waals surface area contributed by atoms with Crippen molar-refractivity contribution in [2.24, 2.45) is 0 Å². The van der Waals surface area contributed by atoms with Crippen molar-refractivity contribution in [1.29, 1.82) is 5.26 Å². The zero-order valence-electron chi connectivity index (χ0n) is 18.6. The van der Waals surface area contributed by atoms with E-state index < -0.39 is 17.6 Å². The van der Waals surface area contributed by atoms with E-state index in [1.54, 1.807) is 33.0 Å². The van der Waals surface area contributed by atoms with E-state index in [0.29, 0.717) is 42.7 Å². The zero-order chi connectivity index (χ0) is 23.0. The predicted molar refractivity (Wildman–Crippen MR) is 121 cm³/mol. The first-order valence-corrected chi connectivity index (χ1v) is 10.9. The van der Waals surface area contributed by atoms with Crippen LogP contribution in [0.4, 0.5) is 10.6 Å². The summed E-state index contributed by atoms with van der Waals surface area (Å²) in [6.45, 7) is 7.87. The van der Waals surface area contributed by atoms with Crippen LogP contribution in [0.15, 0.2) is 41.9 Å². The van der Waals surface area contributed by atoms with Crippen molar-refractivity contribution in [3.63, 3.8) is 0 Å². The van der Waals surface area contributed by atoms with Crippen LogP contribution in [-0.4, -0.2) is 59.7 Å². The van der Waals surface area contributed by atoms with Crippen LogP contribution in [0.1, 0.15) is 37.8 Å². The van der Waals surface area contributed by atoms with Crippen molar-refractivity contribution in [2.45, 2.75) is 32.3 Å². The molecule has 2 aliphatic rings. The van der Waals surface area contributed by atoms with Gasteiger partial charge in [-0.2, -0.15) is 9.94 Å². The molecule has 1 atom stereocenters. The van der Waals surface area contributed by atoms with Gasteiger partial charge in [-0.1, -0.05) is 29.8 Å². The topological polar surface area (TPSA) is 83.6 Å². The summed E-state index contributed by atoms with van der Waals surface area (Å²) < 4.78 is 12.2. The third kappa shape index (κ3) is 4.06. The highest BCUT2D eigenvalue weighted by Crippen LogP contribution is 2.46. The highest BCUT2D eigenvalue weighted by atomic mass is 35.5. The van der Waals surface area contributed by atoms with Gasteiger partial charge in [-0.3, -0.25) is 0 Å². The summed E-state index contributed by atoms with van der Waals surface area (Å²) in [6.07, 6.45) is 1.06. The summed E-state index contributed by atoms with van der Waals surface area (Å²) in [5.74, 6) is 0.873. The molecule has 4 rings (SSSR count). The zero-order valence-corrected chi connectivity index (χ0v) is 19.4. The van der Waals surface area contributed by atoms with Crippen LogP contribution < -0.4 is 4.90 Å². The van der Waals surface area contributed by atoms with E-state index >= 15 is 0 Å². The Labute approximate surface area is 192 Å². The van der Waals surface area contributed by atoms with E-state index in [2.05, 4.69) is 16.1 Å². The number of carbonyl (C=O) groups is 1. The minimum atomic E-state index is -0.660. The average molecular weight is 456 g/mol. The summed E-state index contributed by atoms with van der Waals surface area (Å²) in [5.41, 5.74) is 1.40. The van der Waals surface area contributed by atoms with E-state index in [4.69, 9.17) is 21.1 Å². The molecule has 1 fully saturated rings. The molecule has 0 spiro atoms. The Morgan fingerprint density at radius 3 is 2.56 bits per heavy atom. The summed E-state index contributed by atoms with van der Waals surface area (Å²) >= 11 is 6.57. The van der Waals surface area contributed by atoms with Gasteiger partial charge in [-0.05, 0) is 32.4 Å². The first kappa shape index (κ1) is 22.2. The van der Waals surface area contributed by atoms with Crippen molar-refractivity contribution in [3.8, 4) is 6.07 Å². The third-order valence-electron chi connectivity index (χ3n) is 5.43. The first-order valence-electron chi connectivity index (χ1n) is 10.5. The van der Waals surface area contributed by atoms with Crippen LogP contribution in [0.5, 0.6) is 0 Å². The van der Waals surface area contributed by atoms with Crippen LogP contribution in [0.3, 0.4) is 0 Å². The maximum atomic E-state index is 12.8. The van der Waals surface area contributed by atoms with Gasteiger partial charge in [0.1, 0.15) is 11.4 Å². The lowest BCUT2D eigenvalue weighted by Crippen LogP contribution is -2.44. The van der Waals surface area contributed by atoms with Gasteiger partial charge in [0.05, 0.1) is 30.8 Å². The molecule has 0 saturated carbocycles. The number of nitrogens with zero attached hydrogens (tertiary/aromatic N) is 5. The molecule has 0 bridgehead atoms. The number of hydrogen-bond donors (Lipinski definition) is 0. The standard InChI is InChI=1S/C23H26ClN5O3/c1-23(2,3)32-22(30)29-14-17-19(15-7-5-6-8-18(15)24)16(13-25)21(27(4)20(17)26-29)28-9-11-31-12-10-28/h5-8,14,19H,9-12H2,1-4H3. The number of rotatable bonds is 2. The highest BCUT2D eigenvalue weighted by molar-refractivity contribution is 6.31. The van der Waals surface area contributed by atoms with Gasteiger partial charge in [0.15, 0.2) is 5.82 Å². The molecule has 3 heterocycles. The first-order chi connectivity index (χ1) is 15.2. The van der Waals surface area contributed by atoms with E-state index in [-0.39, 0.29) is 0 Å². The number of allylic oxidation sites excluding steroid dienone is 1. The molecule has 9 heteroatoms. The Morgan fingerprint density at radius 2 is 1.94 bits per heavy atom. The van der Waals surface area contributed by atoms with Gasteiger partial charge in [0, 0.05) is 36.9 Å². The molecule has 0 N–H and O–H groups in total. The van der Waals surface area contributed by atoms with Gasteiger partial charge >= 0.3 is 6.09 Å². The quantitative estimate of drug-likeness (QED) is 0.677. The summed E-state index contributed by atoms with van der Waals surface area (Å²) in [5, 5.41) is 15.4. The van der Waals surface area contributed by atoms with Gasteiger partial charge in [0.25, 0.3) is 0 Å². The van der Waals surface area contributed by atoms with Gasteiger partial charge in [-0.25, -0.2) is 4.79 Å². The Hall–Kier alpha value is -3.02. The summed E-state index contributed by atoms with van der Waals surface area (Å²) in [4.78, 5) is 16.8. The molecule has 0 amide bonds. The number of ether oxygens (including phenoxy) is 2. The Kier molecular flexibility index (Phi) is 5.89. The minimum absolute atomic E-state index is 0.464. The second-order valence-corrected chi connectivity index (χ2v) is 9.20. The molecular weight excluding hydrogens is 430 g/mol. The monoisotopic (exact) mass is 455 g/mol. The fourth-order valence-corrected chi connectivity index (χ4v) is 4.36. The Bertz CT molecular complexity index is 1110. The molecule has 8 nitrogen and oxygen atoms in total. The lowest BCUT2D eigenvalue weighted by atomic mass is 9.83. The molecule has 0 aliphatic carbocycles. The summed E-state index contributed by atoms with van der Waals surface area (Å²) in [6, 6.07) is 9.87. The van der Waals surface area contributed by atoms with Gasteiger partial charge in [0.2, 0.25) is 0 Å². The molecular formula is C23H26ClN5O3. The van der Waals surface area contributed by atoms with Crippen LogP contribution in [-0.2, 0) is 9.47 Å². The fraction of sp³-hybridized carbons (Fsp3) is 0.435. The van der Waals surface area contributed by atoms with Gasteiger partial charge < -0.3 is 19.3 Å². The number of halogens is 1. The van der Waals surface area contributed by atoms with Crippen molar-refractivity contribution < 1.29 is 14.3 Å². The lowest BCUT2D eigenvalue weighted by molar-refractivity contribution is 0.0513. The molecule has 1 saturated heterocycles. The maximum Gasteiger partial charge on any atom is 0.435 e. The molecule has 1 aromatic carbocycles. The average Bonchev–Trinajstić information content (AvgIpc) is 3.20. The second kappa shape index (κ2) is 8.49.